The van der Waals surface area contributed by atoms with Crippen LogP contribution in [-0.4, -0.2) is 80.7 Å². The minimum atomic E-state index is -3.65. The normalized spacial score (nSPS) is 20.6. The van der Waals surface area contributed by atoms with Gasteiger partial charge in [0.25, 0.3) is 5.91 Å². The van der Waals surface area contributed by atoms with Crippen molar-refractivity contribution in [3.05, 3.63) is 23.8 Å². The van der Waals surface area contributed by atoms with Crippen molar-refractivity contribution in [1.29, 1.82) is 0 Å². The number of likely N-dealkylation sites (tertiary alicyclic amines) is 1. The Balaban J connectivity index is 1.26. The predicted octanol–water partition coefficient (Wildman–Crippen LogP) is 1.47. The number of rotatable bonds is 10. The van der Waals surface area contributed by atoms with Gasteiger partial charge in [0.1, 0.15) is 11.3 Å². The number of hydrogen-bond acceptors (Lipinski definition) is 7. The molecule has 192 valence electrons. The van der Waals surface area contributed by atoms with Gasteiger partial charge in [-0.3, -0.25) is 19.6 Å². The van der Waals surface area contributed by atoms with Crippen molar-refractivity contribution in [2.75, 3.05) is 44.6 Å². The number of methoxy groups -OCH3 is 1. The number of carbonyl (C=O) groups is 3. The molecule has 0 aliphatic carbocycles. The standard InChI is InChI=1S/C23H33N5O6S/c1-34-20-8-7-17(26-35(32,33)28-12-4-5-13-28)16-18(20)19(29)6-2-3-11-27-14-9-23(10-15-27)21(30)24-22(31)25-23/h7-8,16,26H,2-6,9-15H2,1H3,(H2,24,25,30,31). The summed E-state index contributed by atoms with van der Waals surface area (Å²) in [4.78, 5) is 38.7. The summed E-state index contributed by atoms with van der Waals surface area (Å²) in [5.74, 6) is 0.0657. The van der Waals surface area contributed by atoms with Crippen molar-refractivity contribution in [3.8, 4) is 5.75 Å². The molecule has 0 unspecified atom stereocenters. The summed E-state index contributed by atoms with van der Waals surface area (Å²) < 4.78 is 34.5. The number of carbonyl (C=O) groups excluding carboxylic acids is 3. The molecule has 35 heavy (non-hydrogen) atoms. The minimum absolute atomic E-state index is 0.105. The fourth-order valence-corrected chi connectivity index (χ4v) is 6.22. The molecule has 1 aromatic carbocycles. The van der Waals surface area contributed by atoms with Crippen molar-refractivity contribution in [2.45, 2.75) is 50.5 Å². The van der Waals surface area contributed by atoms with Gasteiger partial charge in [-0.2, -0.15) is 12.7 Å². The number of imide groups is 1. The fourth-order valence-electron chi connectivity index (χ4n) is 4.93. The van der Waals surface area contributed by atoms with Crippen LogP contribution in [0.3, 0.4) is 0 Å². The summed E-state index contributed by atoms with van der Waals surface area (Å²) in [6.45, 7) is 3.20. The van der Waals surface area contributed by atoms with Crippen LogP contribution in [-0.2, 0) is 15.0 Å². The zero-order valence-electron chi connectivity index (χ0n) is 20.0. The molecule has 3 N–H and O–H groups in total. The molecule has 1 spiro atoms. The number of nitrogens with one attached hydrogen (secondary N) is 3. The molecule has 0 saturated carbocycles. The Morgan fingerprint density at radius 3 is 2.46 bits per heavy atom. The summed E-state index contributed by atoms with van der Waals surface area (Å²) in [6.07, 6.45) is 4.62. The summed E-state index contributed by atoms with van der Waals surface area (Å²) >= 11 is 0. The Hall–Kier alpha value is -2.70. The van der Waals surface area contributed by atoms with E-state index in [0.29, 0.717) is 68.9 Å². The number of amides is 3. The Morgan fingerprint density at radius 2 is 1.83 bits per heavy atom. The third-order valence-electron chi connectivity index (χ3n) is 7.00. The molecule has 0 atom stereocenters. The van der Waals surface area contributed by atoms with Crippen molar-refractivity contribution in [3.63, 3.8) is 0 Å². The number of benzene rings is 1. The van der Waals surface area contributed by atoms with E-state index in [1.54, 1.807) is 18.2 Å². The largest absolute Gasteiger partial charge is 0.496 e. The molecule has 0 bridgehead atoms. The maximum absolute atomic E-state index is 12.9. The van der Waals surface area contributed by atoms with Crippen LogP contribution in [0, 0.1) is 0 Å². The second-order valence-corrected chi connectivity index (χ2v) is 11.0. The average Bonchev–Trinajstić information content (AvgIpc) is 3.47. The van der Waals surface area contributed by atoms with Gasteiger partial charge in [-0.25, -0.2) is 4.79 Å². The Labute approximate surface area is 205 Å². The van der Waals surface area contributed by atoms with Gasteiger partial charge in [0.15, 0.2) is 5.78 Å². The zero-order chi connectivity index (χ0) is 25.1. The number of hydrogen-bond donors (Lipinski definition) is 3. The van der Waals surface area contributed by atoms with Gasteiger partial charge in [-0.15, -0.1) is 0 Å². The molecule has 3 amide bonds. The molecule has 3 aliphatic rings. The highest BCUT2D eigenvalue weighted by Crippen LogP contribution is 2.27. The van der Waals surface area contributed by atoms with Gasteiger partial charge in [-0.05, 0) is 63.3 Å². The lowest BCUT2D eigenvalue weighted by atomic mass is 9.87. The van der Waals surface area contributed by atoms with E-state index in [4.69, 9.17) is 4.74 Å². The van der Waals surface area contributed by atoms with Gasteiger partial charge in [0.2, 0.25) is 0 Å². The quantitative estimate of drug-likeness (QED) is 0.248. The second kappa shape index (κ2) is 10.5. The second-order valence-electron chi connectivity index (χ2n) is 9.34. The maximum atomic E-state index is 12.9. The van der Waals surface area contributed by atoms with Crippen LogP contribution in [0.25, 0.3) is 0 Å². The molecule has 3 saturated heterocycles. The van der Waals surface area contributed by atoms with Crippen molar-refractivity contribution in [1.82, 2.24) is 19.8 Å². The number of unbranched alkanes of at least 4 members (excludes halogenated alkanes) is 1. The Morgan fingerprint density at radius 1 is 1.11 bits per heavy atom. The van der Waals surface area contributed by atoms with E-state index >= 15 is 0 Å². The topological polar surface area (TPSA) is 137 Å². The molecule has 4 rings (SSSR count). The highest BCUT2D eigenvalue weighted by Gasteiger charge is 2.47. The average molecular weight is 508 g/mol. The van der Waals surface area contributed by atoms with Crippen LogP contribution >= 0.6 is 0 Å². The number of ether oxygens (including phenoxy) is 1. The van der Waals surface area contributed by atoms with Crippen molar-refractivity contribution in [2.24, 2.45) is 0 Å². The molecule has 12 heteroatoms. The van der Waals surface area contributed by atoms with E-state index in [-0.39, 0.29) is 11.7 Å². The van der Waals surface area contributed by atoms with E-state index < -0.39 is 21.8 Å². The lowest BCUT2D eigenvalue weighted by molar-refractivity contribution is -0.125. The lowest BCUT2D eigenvalue weighted by Crippen LogP contribution is -2.54. The summed E-state index contributed by atoms with van der Waals surface area (Å²) in [5.41, 5.74) is -0.0788. The molecule has 11 nitrogen and oxygen atoms in total. The highest BCUT2D eigenvalue weighted by atomic mass is 32.2. The molecular weight excluding hydrogens is 474 g/mol. The number of ketones is 1. The Bertz CT molecular complexity index is 1080. The number of Topliss-reactive ketones (excluding diaryl/α,β-unsaturated/α-hetero) is 1. The van der Waals surface area contributed by atoms with E-state index in [1.807, 2.05) is 0 Å². The SMILES string of the molecule is COc1ccc(NS(=O)(=O)N2CCCC2)cc1C(=O)CCCCN1CCC2(CC1)NC(=O)NC2=O. The van der Waals surface area contributed by atoms with E-state index in [1.165, 1.54) is 11.4 Å². The van der Waals surface area contributed by atoms with E-state index in [2.05, 4.69) is 20.3 Å². The Kier molecular flexibility index (Phi) is 7.62. The van der Waals surface area contributed by atoms with Gasteiger partial charge >= 0.3 is 16.2 Å². The predicted molar refractivity (Wildman–Crippen MR) is 130 cm³/mol. The summed E-state index contributed by atoms with van der Waals surface area (Å²) in [5, 5.41) is 5.07. The first-order chi connectivity index (χ1) is 16.7. The number of urea groups is 1. The first kappa shape index (κ1) is 25.4. The van der Waals surface area contributed by atoms with Crippen LogP contribution in [0.5, 0.6) is 5.75 Å². The van der Waals surface area contributed by atoms with Gasteiger partial charge < -0.3 is 15.0 Å². The smallest absolute Gasteiger partial charge is 0.322 e. The molecule has 3 aliphatic heterocycles. The number of anilines is 1. The maximum Gasteiger partial charge on any atom is 0.322 e. The fraction of sp³-hybridized carbons (Fsp3) is 0.609. The minimum Gasteiger partial charge on any atom is -0.496 e. The van der Waals surface area contributed by atoms with Crippen LogP contribution < -0.4 is 20.1 Å². The van der Waals surface area contributed by atoms with E-state index in [0.717, 1.165) is 25.8 Å². The number of nitrogens with zero attached hydrogens (tertiary/aromatic N) is 2. The highest BCUT2D eigenvalue weighted by molar-refractivity contribution is 7.90. The van der Waals surface area contributed by atoms with Crippen molar-refractivity contribution >= 4 is 33.6 Å². The lowest BCUT2D eigenvalue weighted by Gasteiger charge is -2.36. The molecule has 0 radical (unpaired) electrons. The van der Waals surface area contributed by atoms with Crippen LogP contribution in [0.15, 0.2) is 18.2 Å². The van der Waals surface area contributed by atoms with Crippen LogP contribution in [0.1, 0.15) is 55.3 Å². The van der Waals surface area contributed by atoms with Gasteiger partial charge in [0.05, 0.1) is 18.4 Å². The molecular formula is C23H33N5O6S. The molecule has 0 aromatic heterocycles. The molecule has 1 aromatic rings. The summed E-state index contributed by atoms with van der Waals surface area (Å²) in [6, 6.07) is 4.32. The first-order valence-corrected chi connectivity index (χ1v) is 13.5. The van der Waals surface area contributed by atoms with Gasteiger partial charge in [-0.1, -0.05) is 0 Å². The first-order valence-electron chi connectivity index (χ1n) is 12.1. The summed E-state index contributed by atoms with van der Waals surface area (Å²) in [7, 11) is -2.16. The van der Waals surface area contributed by atoms with Crippen molar-refractivity contribution < 1.29 is 27.5 Å². The van der Waals surface area contributed by atoms with Gasteiger partial charge in [0, 0.05) is 32.6 Å². The number of piperidine rings is 1. The molecule has 3 fully saturated rings. The van der Waals surface area contributed by atoms with Crippen LogP contribution in [0.4, 0.5) is 10.5 Å². The monoisotopic (exact) mass is 507 g/mol. The van der Waals surface area contributed by atoms with E-state index in [9.17, 15) is 22.8 Å². The molecule has 3 heterocycles. The third kappa shape index (κ3) is 5.76. The third-order valence-corrected chi connectivity index (χ3v) is 8.54. The van der Waals surface area contributed by atoms with Crippen LogP contribution in [0.2, 0.25) is 0 Å². The zero-order valence-corrected chi connectivity index (χ0v) is 20.8.